The lowest BCUT2D eigenvalue weighted by atomic mass is 9.99. The highest BCUT2D eigenvalue weighted by Crippen LogP contribution is 2.34. The number of rotatable bonds is 6. The molecule has 0 N–H and O–H groups in total. The van der Waals surface area contributed by atoms with E-state index in [0.29, 0.717) is 23.0 Å². The number of nitrogens with zero attached hydrogens (tertiary/aromatic N) is 5. The van der Waals surface area contributed by atoms with Crippen LogP contribution in [-0.4, -0.2) is 38.4 Å². The van der Waals surface area contributed by atoms with Crippen LogP contribution in [0, 0.1) is 6.92 Å². The van der Waals surface area contributed by atoms with Crippen LogP contribution in [0.15, 0.2) is 72.0 Å². The zero-order valence-corrected chi connectivity index (χ0v) is 19.5. The predicted octanol–water partition coefficient (Wildman–Crippen LogP) is 4.73. The predicted molar refractivity (Wildman–Crippen MR) is 130 cm³/mol. The number of ketones is 1. The lowest BCUT2D eigenvalue weighted by molar-refractivity contribution is -0.118. The Labute approximate surface area is 202 Å². The molecule has 0 aliphatic carbocycles. The van der Waals surface area contributed by atoms with Crippen molar-refractivity contribution in [3.63, 3.8) is 0 Å². The van der Waals surface area contributed by atoms with Crippen LogP contribution in [0.1, 0.15) is 40.8 Å². The van der Waals surface area contributed by atoms with E-state index < -0.39 is 6.04 Å². The molecule has 1 aliphatic rings. The number of methoxy groups -OCH3 is 1. The Balaban J connectivity index is 1.64. The summed E-state index contributed by atoms with van der Waals surface area (Å²) in [6, 6.07) is 16.5. The van der Waals surface area contributed by atoms with Gasteiger partial charge in [0.1, 0.15) is 23.4 Å². The second-order valence-corrected chi connectivity index (χ2v) is 8.54. The van der Waals surface area contributed by atoms with Gasteiger partial charge < -0.3 is 4.74 Å². The molecule has 34 heavy (non-hydrogen) atoms. The van der Waals surface area contributed by atoms with Crippen LogP contribution in [-0.2, 0) is 11.2 Å². The molecule has 0 bridgehead atoms. The van der Waals surface area contributed by atoms with Crippen molar-refractivity contribution in [1.82, 2.24) is 19.7 Å². The van der Waals surface area contributed by atoms with Gasteiger partial charge in [0.15, 0.2) is 5.82 Å². The van der Waals surface area contributed by atoms with Gasteiger partial charge in [0.2, 0.25) is 0 Å². The number of hydrogen-bond acceptors (Lipinski definition) is 6. The minimum atomic E-state index is -0.500. The van der Waals surface area contributed by atoms with Crippen LogP contribution in [0.2, 0.25) is 5.02 Å². The number of aryl methyl sites for hydroxylation is 1. The van der Waals surface area contributed by atoms with Gasteiger partial charge >= 0.3 is 0 Å². The fourth-order valence-corrected chi connectivity index (χ4v) is 4.32. The third-order valence-corrected chi connectivity index (χ3v) is 6.07. The molecule has 0 fully saturated rings. The minimum absolute atomic E-state index is 0.0612. The van der Waals surface area contributed by atoms with E-state index in [4.69, 9.17) is 21.3 Å². The van der Waals surface area contributed by atoms with Crippen molar-refractivity contribution in [3.8, 4) is 11.4 Å². The first-order valence-electron chi connectivity index (χ1n) is 10.9. The Hall–Kier alpha value is -3.84. The van der Waals surface area contributed by atoms with E-state index in [1.165, 1.54) is 0 Å². The Kier molecular flexibility index (Phi) is 5.94. The largest absolute Gasteiger partial charge is 0.497 e. The van der Waals surface area contributed by atoms with E-state index in [9.17, 15) is 4.79 Å². The number of ether oxygens (including phenoxy) is 1. The van der Waals surface area contributed by atoms with Crippen molar-refractivity contribution in [2.24, 2.45) is 4.99 Å². The molecule has 0 saturated carbocycles. The molecular weight excluding hydrogens is 450 g/mol. The minimum Gasteiger partial charge on any atom is -0.497 e. The number of carbonyl (C=O) groups excluding carboxylic acids is 1. The van der Waals surface area contributed by atoms with Crippen molar-refractivity contribution in [2.45, 2.75) is 25.8 Å². The highest BCUT2D eigenvalue weighted by atomic mass is 35.5. The number of benzene rings is 2. The summed E-state index contributed by atoms with van der Waals surface area (Å²) < 4.78 is 7.48. The van der Waals surface area contributed by atoms with Crippen molar-refractivity contribution in [2.75, 3.05) is 7.11 Å². The number of fused-ring (bicyclic) bond motifs is 3. The maximum absolute atomic E-state index is 13.1. The number of Topliss-reactive ketones (excluding diaryl/α,β-unsaturated/α-hetero) is 1. The van der Waals surface area contributed by atoms with Gasteiger partial charge in [-0.15, -0.1) is 10.2 Å². The van der Waals surface area contributed by atoms with Crippen LogP contribution >= 0.6 is 11.6 Å². The number of hydrogen-bond donors (Lipinski definition) is 0. The Morgan fingerprint density at radius 3 is 2.56 bits per heavy atom. The molecule has 7 nitrogen and oxygen atoms in total. The van der Waals surface area contributed by atoms with E-state index in [0.717, 1.165) is 33.9 Å². The molecule has 0 amide bonds. The van der Waals surface area contributed by atoms with Gasteiger partial charge in [-0.1, -0.05) is 23.7 Å². The summed E-state index contributed by atoms with van der Waals surface area (Å²) in [5, 5.41) is 9.38. The highest BCUT2D eigenvalue weighted by molar-refractivity contribution is 6.30. The molecule has 4 aromatic rings. The summed E-state index contributed by atoms with van der Waals surface area (Å²) >= 11 is 6.15. The number of carbonyl (C=O) groups is 1. The zero-order valence-electron chi connectivity index (χ0n) is 18.8. The molecule has 0 saturated heterocycles. The number of halogens is 1. The normalized spacial score (nSPS) is 14.6. The van der Waals surface area contributed by atoms with Crippen molar-refractivity contribution in [1.29, 1.82) is 0 Å². The van der Waals surface area contributed by atoms with Crippen molar-refractivity contribution in [3.05, 3.63) is 100 Å². The summed E-state index contributed by atoms with van der Waals surface area (Å²) in [5.41, 5.74) is 4.31. The average Bonchev–Trinajstić information content (AvgIpc) is 3.17. The second kappa shape index (κ2) is 9.19. The molecule has 1 atom stereocenters. The van der Waals surface area contributed by atoms with Gasteiger partial charge in [0.05, 0.1) is 18.5 Å². The molecule has 1 unspecified atom stereocenters. The van der Waals surface area contributed by atoms with Crippen molar-refractivity contribution >= 4 is 23.1 Å². The number of pyridine rings is 1. The topological polar surface area (TPSA) is 82.3 Å². The van der Waals surface area contributed by atoms with Crippen LogP contribution in [0.25, 0.3) is 5.69 Å². The summed E-state index contributed by atoms with van der Waals surface area (Å²) in [6.07, 6.45) is 3.88. The fourth-order valence-electron chi connectivity index (χ4n) is 4.19. The summed E-state index contributed by atoms with van der Waals surface area (Å²) in [7, 11) is 1.63. The number of aromatic nitrogens is 4. The standard InChI is InChI=1S/C26H22ClN5O2/c1-16-30-31-26-23(14-20(33)13-17-9-11-28-12-10-17)29-25(18-3-5-19(27)6-4-18)22-15-21(34-2)7-8-24(22)32(16)26/h3-12,15,23H,13-14H2,1-2H3. The van der Waals surface area contributed by atoms with Gasteiger partial charge in [-0.05, 0) is 55.0 Å². The van der Waals surface area contributed by atoms with Gasteiger partial charge in [-0.25, -0.2) is 0 Å². The first-order valence-corrected chi connectivity index (χ1v) is 11.3. The average molecular weight is 472 g/mol. The summed E-state index contributed by atoms with van der Waals surface area (Å²) in [5.74, 6) is 2.13. The molecule has 8 heteroatoms. The van der Waals surface area contributed by atoms with Gasteiger partial charge in [0.25, 0.3) is 0 Å². The smallest absolute Gasteiger partial charge is 0.162 e. The van der Waals surface area contributed by atoms with Gasteiger partial charge in [-0.2, -0.15) is 0 Å². The third-order valence-electron chi connectivity index (χ3n) is 5.82. The first-order chi connectivity index (χ1) is 16.5. The van der Waals surface area contributed by atoms with Gasteiger partial charge in [-0.3, -0.25) is 19.3 Å². The van der Waals surface area contributed by atoms with Gasteiger partial charge in [0, 0.05) is 41.4 Å². The van der Waals surface area contributed by atoms with E-state index in [-0.39, 0.29) is 12.2 Å². The first kappa shape index (κ1) is 22.0. The SMILES string of the molecule is COc1ccc2c(c1)C(c1ccc(Cl)cc1)=NC(CC(=O)Cc1ccncc1)c1nnc(C)n1-2. The molecule has 5 rings (SSSR count). The van der Waals surface area contributed by atoms with E-state index >= 15 is 0 Å². The Bertz CT molecular complexity index is 1380. The van der Waals surface area contributed by atoms with E-state index in [2.05, 4.69) is 15.2 Å². The molecular formula is C26H22ClN5O2. The molecule has 2 aromatic heterocycles. The quantitative estimate of drug-likeness (QED) is 0.406. The summed E-state index contributed by atoms with van der Waals surface area (Å²) in [6.45, 7) is 1.90. The molecule has 170 valence electrons. The molecule has 0 spiro atoms. The van der Waals surface area contributed by atoms with Crippen LogP contribution in [0.5, 0.6) is 5.75 Å². The summed E-state index contributed by atoms with van der Waals surface area (Å²) in [4.78, 5) is 22.2. The Morgan fingerprint density at radius 2 is 1.82 bits per heavy atom. The van der Waals surface area contributed by atoms with E-state index in [1.807, 2.05) is 66.1 Å². The molecule has 1 aliphatic heterocycles. The maximum atomic E-state index is 13.1. The molecule has 2 aromatic carbocycles. The second-order valence-electron chi connectivity index (χ2n) is 8.10. The Morgan fingerprint density at radius 1 is 1.06 bits per heavy atom. The van der Waals surface area contributed by atoms with Crippen LogP contribution in [0.4, 0.5) is 0 Å². The number of aliphatic imine (C=N–C) groups is 1. The zero-order chi connectivity index (χ0) is 23.7. The lowest BCUT2D eigenvalue weighted by Gasteiger charge is -2.14. The molecule has 0 radical (unpaired) electrons. The van der Waals surface area contributed by atoms with E-state index in [1.54, 1.807) is 19.5 Å². The van der Waals surface area contributed by atoms with Crippen LogP contribution < -0.4 is 4.74 Å². The molecule has 3 heterocycles. The fraction of sp³-hybridized carbons (Fsp3) is 0.192. The monoisotopic (exact) mass is 471 g/mol. The van der Waals surface area contributed by atoms with Crippen molar-refractivity contribution < 1.29 is 9.53 Å². The maximum Gasteiger partial charge on any atom is 0.162 e. The van der Waals surface area contributed by atoms with Crippen LogP contribution in [0.3, 0.4) is 0 Å². The highest BCUT2D eigenvalue weighted by Gasteiger charge is 2.30. The lowest BCUT2D eigenvalue weighted by Crippen LogP contribution is -2.12. The third kappa shape index (κ3) is 4.22.